The number of carbonyl (C=O) groups excluding carboxylic acids is 1. The van der Waals surface area contributed by atoms with Gasteiger partial charge in [0.05, 0.1) is 18.1 Å². The fourth-order valence-electron chi connectivity index (χ4n) is 3.43. The van der Waals surface area contributed by atoms with Crippen molar-refractivity contribution in [2.24, 2.45) is 7.05 Å². The van der Waals surface area contributed by atoms with E-state index in [2.05, 4.69) is 40.3 Å². The van der Waals surface area contributed by atoms with Gasteiger partial charge in [0.25, 0.3) is 0 Å². The molecule has 1 heterocycles. The third kappa shape index (κ3) is 4.12. The zero-order valence-electron chi connectivity index (χ0n) is 17.3. The van der Waals surface area contributed by atoms with E-state index in [0.29, 0.717) is 11.4 Å². The predicted molar refractivity (Wildman–Crippen MR) is 120 cm³/mol. The van der Waals surface area contributed by atoms with E-state index in [-0.39, 0.29) is 6.03 Å². The fraction of sp³-hybridized carbons (Fsp3) is 0.167. The molecule has 0 bridgehead atoms. The number of imidazole rings is 1. The van der Waals surface area contributed by atoms with Gasteiger partial charge >= 0.3 is 6.03 Å². The first-order valence-electron chi connectivity index (χ1n) is 9.75. The zero-order valence-corrected chi connectivity index (χ0v) is 17.3. The fourth-order valence-corrected chi connectivity index (χ4v) is 3.43. The highest BCUT2D eigenvalue weighted by atomic mass is 16.5. The number of carbonyl (C=O) groups is 1. The highest BCUT2D eigenvalue weighted by Crippen LogP contribution is 2.22. The topological polar surface area (TPSA) is 68.2 Å². The van der Waals surface area contributed by atoms with Crippen LogP contribution in [0.15, 0.2) is 66.7 Å². The molecule has 4 aromatic rings. The summed E-state index contributed by atoms with van der Waals surface area (Å²) in [6, 6.07) is 21.0. The maximum absolute atomic E-state index is 12.3. The molecule has 152 valence electrons. The third-order valence-electron chi connectivity index (χ3n) is 5.19. The molecule has 0 fully saturated rings. The van der Waals surface area contributed by atoms with Crippen LogP contribution in [0.25, 0.3) is 11.0 Å². The van der Waals surface area contributed by atoms with Crippen molar-refractivity contribution in [1.29, 1.82) is 0 Å². The minimum atomic E-state index is -0.310. The minimum absolute atomic E-state index is 0.310. The Labute approximate surface area is 175 Å². The molecule has 30 heavy (non-hydrogen) atoms. The molecule has 0 spiro atoms. The van der Waals surface area contributed by atoms with Crippen molar-refractivity contribution in [1.82, 2.24) is 9.55 Å². The summed E-state index contributed by atoms with van der Waals surface area (Å²) in [5.74, 6) is 1.72. The number of nitrogens with one attached hydrogen (secondary N) is 2. The summed E-state index contributed by atoms with van der Waals surface area (Å²) in [5, 5.41) is 5.68. The first-order valence-corrected chi connectivity index (χ1v) is 9.75. The molecule has 0 aliphatic rings. The molecule has 0 saturated heterocycles. The minimum Gasteiger partial charge on any atom is -0.497 e. The molecule has 2 N–H and O–H groups in total. The number of nitrogens with zero attached hydrogens (tertiary/aromatic N) is 2. The van der Waals surface area contributed by atoms with Crippen molar-refractivity contribution in [3.05, 3.63) is 83.7 Å². The van der Waals surface area contributed by atoms with E-state index in [0.717, 1.165) is 29.0 Å². The van der Waals surface area contributed by atoms with Gasteiger partial charge in [-0.3, -0.25) is 0 Å². The smallest absolute Gasteiger partial charge is 0.323 e. The molecule has 0 unspecified atom stereocenters. The van der Waals surface area contributed by atoms with E-state index in [9.17, 15) is 4.79 Å². The van der Waals surface area contributed by atoms with Gasteiger partial charge in [-0.25, -0.2) is 9.78 Å². The lowest BCUT2D eigenvalue weighted by atomic mass is 10.1. The van der Waals surface area contributed by atoms with Crippen LogP contribution in [0.5, 0.6) is 5.75 Å². The van der Waals surface area contributed by atoms with E-state index in [1.165, 1.54) is 11.1 Å². The van der Waals surface area contributed by atoms with Crippen LogP contribution in [0.3, 0.4) is 0 Å². The average molecular weight is 400 g/mol. The van der Waals surface area contributed by atoms with E-state index in [1.807, 2.05) is 31.3 Å². The molecule has 0 radical (unpaired) electrons. The Morgan fingerprint density at radius 2 is 1.70 bits per heavy atom. The number of aryl methyl sites for hydroxylation is 2. The molecule has 1 aromatic heterocycles. The number of hydrogen-bond acceptors (Lipinski definition) is 3. The summed E-state index contributed by atoms with van der Waals surface area (Å²) >= 11 is 0. The maximum atomic E-state index is 12.3. The molecule has 6 heteroatoms. The number of benzene rings is 3. The van der Waals surface area contributed by atoms with Gasteiger partial charge in [-0.05, 0) is 60.5 Å². The summed E-state index contributed by atoms with van der Waals surface area (Å²) in [6.07, 6.45) is 0.762. The van der Waals surface area contributed by atoms with Gasteiger partial charge in [-0.2, -0.15) is 0 Å². The van der Waals surface area contributed by atoms with E-state index >= 15 is 0 Å². The SMILES string of the molecule is COc1ccc(NC(=O)Nc2ccc3c(c2)nc(Cc2ccccc2C)n3C)cc1. The van der Waals surface area contributed by atoms with E-state index < -0.39 is 0 Å². The standard InChI is InChI=1S/C24H24N4O2/c1-16-6-4-5-7-17(16)14-23-27-21-15-19(10-13-22(21)28(23)2)26-24(29)25-18-8-11-20(30-3)12-9-18/h4-13,15H,14H2,1-3H3,(H2,25,26,29). The van der Waals surface area contributed by atoms with Gasteiger partial charge in [-0.1, -0.05) is 24.3 Å². The van der Waals surface area contributed by atoms with Gasteiger partial charge in [0.2, 0.25) is 0 Å². The van der Waals surface area contributed by atoms with Crippen LogP contribution in [0.1, 0.15) is 17.0 Å². The molecular formula is C24H24N4O2. The number of aromatic nitrogens is 2. The van der Waals surface area contributed by atoms with Crippen molar-refractivity contribution in [3.63, 3.8) is 0 Å². The first-order chi connectivity index (χ1) is 14.5. The largest absolute Gasteiger partial charge is 0.497 e. The lowest BCUT2D eigenvalue weighted by molar-refractivity contribution is 0.262. The van der Waals surface area contributed by atoms with Gasteiger partial charge < -0.3 is 19.9 Å². The Kier molecular flexibility index (Phi) is 5.39. The summed E-state index contributed by atoms with van der Waals surface area (Å²) in [6.45, 7) is 2.11. The molecule has 0 saturated carbocycles. The Hall–Kier alpha value is -3.80. The Balaban J connectivity index is 1.50. The van der Waals surface area contributed by atoms with Crippen LogP contribution >= 0.6 is 0 Å². The number of rotatable bonds is 5. The zero-order chi connectivity index (χ0) is 21.1. The normalized spacial score (nSPS) is 10.8. The Morgan fingerprint density at radius 1 is 1.00 bits per heavy atom. The molecule has 3 aromatic carbocycles. The summed E-state index contributed by atoms with van der Waals surface area (Å²) in [4.78, 5) is 17.1. The highest BCUT2D eigenvalue weighted by molar-refractivity contribution is 6.00. The van der Waals surface area contributed by atoms with E-state index in [4.69, 9.17) is 9.72 Å². The molecule has 2 amide bonds. The third-order valence-corrected chi connectivity index (χ3v) is 5.19. The number of hydrogen-bond donors (Lipinski definition) is 2. The van der Waals surface area contributed by atoms with Crippen LogP contribution in [-0.2, 0) is 13.5 Å². The molecule has 6 nitrogen and oxygen atoms in total. The number of amides is 2. The summed E-state index contributed by atoms with van der Waals surface area (Å²) in [7, 11) is 3.63. The number of anilines is 2. The molecule has 4 rings (SSSR count). The van der Waals surface area contributed by atoms with Crippen molar-refractivity contribution in [2.75, 3.05) is 17.7 Å². The van der Waals surface area contributed by atoms with Gasteiger partial charge in [0.15, 0.2) is 0 Å². The molecule has 0 atom stereocenters. The van der Waals surface area contributed by atoms with Gasteiger partial charge in [0, 0.05) is 24.8 Å². The van der Waals surface area contributed by atoms with Crippen LogP contribution in [0.4, 0.5) is 16.2 Å². The van der Waals surface area contributed by atoms with Crippen molar-refractivity contribution in [3.8, 4) is 5.75 Å². The van der Waals surface area contributed by atoms with Crippen LogP contribution < -0.4 is 15.4 Å². The van der Waals surface area contributed by atoms with E-state index in [1.54, 1.807) is 31.4 Å². The van der Waals surface area contributed by atoms with Gasteiger partial charge in [-0.15, -0.1) is 0 Å². The number of ether oxygens (including phenoxy) is 1. The van der Waals surface area contributed by atoms with Crippen LogP contribution in [-0.4, -0.2) is 22.7 Å². The maximum Gasteiger partial charge on any atom is 0.323 e. The second kappa shape index (κ2) is 8.29. The summed E-state index contributed by atoms with van der Waals surface area (Å²) < 4.78 is 7.23. The second-order valence-corrected chi connectivity index (χ2v) is 7.20. The van der Waals surface area contributed by atoms with Crippen molar-refractivity contribution < 1.29 is 9.53 Å². The summed E-state index contributed by atoms with van der Waals surface area (Å²) in [5.41, 5.74) is 5.76. The van der Waals surface area contributed by atoms with Crippen LogP contribution in [0.2, 0.25) is 0 Å². The van der Waals surface area contributed by atoms with Gasteiger partial charge in [0.1, 0.15) is 11.6 Å². The second-order valence-electron chi connectivity index (χ2n) is 7.20. The van der Waals surface area contributed by atoms with Crippen LogP contribution in [0, 0.1) is 6.92 Å². The molecule has 0 aliphatic carbocycles. The quantitative estimate of drug-likeness (QED) is 0.488. The number of fused-ring (bicyclic) bond motifs is 1. The highest BCUT2D eigenvalue weighted by Gasteiger charge is 2.11. The average Bonchev–Trinajstić information content (AvgIpc) is 3.05. The monoisotopic (exact) mass is 400 g/mol. The number of methoxy groups -OCH3 is 1. The Morgan fingerprint density at radius 3 is 2.43 bits per heavy atom. The number of urea groups is 1. The molecular weight excluding hydrogens is 376 g/mol. The predicted octanol–water partition coefficient (Wildman–Crippen LogP) is 5.13. The first kappa shape index (κ1) is 19.5. The molecule has 0 aliphatic heterocycles. The van der Waals surface area contributed by atoms with Crippen molar-refractivity contribution >= 4 is 28.4 Å². The Bertz CT molecular complexity index is 1200. The van der Waals surface area contributed by atoms with Crippen molar-refractivity contribution in [2.45, 2.75) is 13.3 Å². The lowest BCUT2D eigenvalue weighted by Crippen LogP contribution is -2.19. The lowest BCUT2D eigenvalue weighted by Gasteiger charge is -2.08.